The molecule has 3 aliphatic carbocycles. The predicted octanol–water partition coefficient (Wildman–Crippen LogP) is 2.61. The lowest BCUT2D eigenvalue weighted by molar-refractivity contribution is -0.200. The summed E-state index contributed by atoms with van der Waals surface area (Å²) in [6.45, 7) is 5.41. The number of aryl methyl sites for hydroxylation is 1. The van der Waals surface area contributed by atoms with Crippen molar-refractivity contribution in [3.05, 3.63) is 40.4 Å². The highest BCUT2D eigenvalue weighted by Crippen LogP contribution is 2.59. The maximum atomic E-state index is 12.9. The third-order valence-corrected chi connectivity index (χ3v) is 7.66. The first kappa shape index (κ1) is 18.7. The number of likely N-dealkylation sites (tertiary alicyclic amines) is 1. The minimum Gasteiger partial charge on any atom is -0.456 e. The molecule has 1 aromatic rings. The average Bonchev–Trinajstić information content (AvgIpc) is 3.48. The Labute approximate surface area is 170 Å². The van der Waals surface area contributed by atoms with E-state index in [-0.39, 0.29) is 36.3 Å². The van der Waals surface area contributed by atoms with E-state index in [4.69, 9.17) is 4.74 Å². The quantitative estimate of drug-likeness (QED) is 0.449. The summed E-state index contributed by atoms with van der Waals surface area (Å²) in [5, 5.41) is 0. The van der Waals surface area contributed by atoms with Gasteiger partial charge in [-0.3, -0.25) is 14.5 Å². The van der Waals surface area contributed by atoms with E-state index in [1.54, 1.807) is 0 Å². The molecule has 5 rings (SSSR count). The Morgan fingerprint density at radius 3 is 2.83 bits per heavy atom. The smallest absolute Gasteiger partial charge is 0.338 e. The Morgan fingerprint density at radius 2 is 2.14 bits per heavy atom. The Bertz CT molecular complexity index is 962. The molecule has 0 unspecified atom stereocenters. The standard InChI is InChI=1S/C23H27N3O3/c1-14-3-6-17-10-21-23(29-15(2)27)11-19(25-24)20(28)12-22(23,18(17)9-14)7-8-26(21)13-16-4-5-16/h3,6,9,16,21H,4-5,7-8,10-13H2,1-2H3/t21-,22-,23-/m1/s1. The number of ether oxygens (including phenoxy) is 1. The van der Waals surface area contributed by atoms with Gasteiger partial charge < -0.3 is 10.3 Å². The normalized spacial score (nSPS) is 33.5. The molecule has 0 amide bonds. The lowest BCUT2D eigenvalue weighted by atomic mass is 9.48. The maximum Gasteiger partial charge on any atom is 0.338 e. The van der Waals surface area contributed by atoms with Gasteiger partial charge in [0.1, 0.15) is 5.60 Å². The van der Waals surface area contributed by atoms with Crippen LogP contribution in [0.25, 0.3) is 5.53 Å². The fraction of sp³-hybridized carbons (Fsp3) is 0.609. The highest BCUT2D eigenvalue weighted by Gasteiger charge is 2.70. The van der Waals surface area contributed by atoms with Crippen molar-refractivity contribution in [1.82, 2.24) is 4.90 Å². The van der Waals surface area contributed by atoms with E-state index in [0.29, 0.717) is 5.92 Å². The second kappa shape index (κ2) is 6.35. The average molecular weight is 393 g/mol. The highest BCUT2D eigenvalue weighted by molar-refractivity contribution is 6.39. The first-order chi connectivity index (χ1) is 13.9. The fourth-order valence-corrected chi connectivity index (χ4v) is 6.24. The molecule has 3 fully saturated rings. The van der Waals surface area contributed by atoms with Gasteiger partial charge in [-0.2, -0.15) is 4.79 Å². The van der Waals surface area contributed by atoms with Crippen LogP contribution in [0.5, 0.6) is 0 Å². The van der Waals surface area contributed by atoms with Gasteiger partial charge in [0.2, 0.25) is 5.78 Å². The number of fused-ring (bicyclic) bond motifs is 1. The molecule has 0 aromatic heterocycles. The number of benzene rings is 1. The fourth-order valence-electron chi connectivity index (χ4n) is 6.24. The lowest BCUT2D eigenvalue weighted by Gasteiger charge is -2.63. The van der Waals surface area contributed by atoms with E-state index in [2.05, 4.69) is 34.8 Å². The number of ketones is 1. The second-order valence-electron chi connectivity index (χ2n) is 9.46. The van der Waals surface area contributed by atoms with Crippen molar-refractivity contribution < 1.29 is 19.1 Å². The number of carbonyl (C=O) groups is 2. The highest BCUT2D eigenvalue weighted by atomic mass is 16.6. The molecule has 29 heavy (non-hydrogen) atoms. The number of hydrogen-bond acceptors (Lipinski definition) is 4. The van der Waals surface area contributed by atoms with Crippen LogP contribution in [-0.4, -0.2) is 51.9 Å². The van der Waals surface area contributed by atoms with Crippen molar-refractivity contribution in [1.29, 1.82) is 0 Å². The number of hydrogen-bond donors (Lipinski definition) is 0. The van der Waals surface area contributed by atoms with Gasteiger partial charge in [0.15, 0.2) is 0 Å². The Morgan fingerprint density at radius 1 is 1.34 bits per heavy atom. The number of esters is 1. The van der Waals surface area contributed by atoms with Crippen LogP contribution in [0.1, 0.15) is 55.7 Å². The van der Waals surface area contributed by atoms with E-state index in [1.165, 1.54) is 25.3 Å². The summed E-state index contributed by atoms with van der Waals surface area (Å²) in [6.07, 6.45) is 4.47. The molecular formula is C23H27N3O3. The molecule has 6 heteroatoms. The summed E-state index contributed by atoms with van der Waals surface area (Å²) < 4.78 is 6.23. The summed E-state index contributed by atoms with van der Waals surface area (Å²) >= 11 is 0. The molecule has 0 spiro atoms. The molecule has 1 aromatic carbocycles. The van der Waals surface area contributed by atoms with Gasteiger partial charge in [-0.1, -0.05) is 23.8 Å². The molecule has 1 saturated heterocycles. The number of carbonyl (C=O) groups excluding carboxylic acids is 2. The number of rotatable bonds is 3. The van der Waals surface area contributed by atoms with E-state index in [1.807, 2.05) is 0 Å². The predicted molar refractivity (Wildman–Crippen MR) is 107 cm³/mol. The second-order valence-corrected chi connectivity index (χ2v) is 9.46. The third kappa shape index (κ3) is 2.66. The van der Waals surface area contributed by atoms with Gasteiger partial charge in [-0.05, 0) is 56.2 Å². The van der Waals surface area contributed by atoms with Crippen LogP contribution >= 0.6 is 0 Å². The van der Waals surface area contributed by atoms with Crippen LogP contribution in [-0.2, 0) is 26.2 Å². The van der Waals surface area contributed by atoms with Crippen molar-refractivity contribution in [2.45, 2.75) is 69.4 Å². The van der Waals surface area contributed by atoms with Crippen molar-refractivity contribution in [2.75, 3.05) is 13.1 Å². The summed E-state index contributed by atoms with van der Waals surface area (Å²) in [4.78, 5) is 31.1. The number of nitrogens with zero attached hydrogens (tertiary/aromatic N) is 3. The summed E-state index contributed by atoms with van der Waals surface area (Å²) in [7, 11) is 0. The van der Waals surface area contributed by atoms with E-state index < -0.39 is 11.0 Å². The topological polar surface area (TPSA) is 83.0 Å². The van der Waals surface area contributed by atoms with E-state index in [0.717, 1.165) is 37.1 Å². The molecule has 152 valence electrons. The first-order valence-corrected chi connectivity index (χ1v) is 10.7. The van der Waals surface area contributed by atoms with Gasteiger partial charge in [0, 0.05) is 25.3 Å². The molecule has 0 radical (unpaired) electrons. The maximum absolute atomic E-state index is 12.9. The molecule has 1 heterocycles. The third-order valence-electron chi connectivity index (χ3n) is 7.66. The summed E-state index contributed by atoms with van der Waals surface area (Å²) in [5.41, 5.74) is 11.8. The minimum atomic E-state index is -0.873. The molecule has 3 atom stereocenters. The monoisotopic (exact) mass is 393 g/mol. The zero-order valence-electron chi connectivity index (χ0n) is 17.1. The molecule has 4 aliphatic rings. The van der Waals surface area contributed by atoms with Gasteiger partial charge in [0.25, 0.3) is 0 Å². The van der Waals surface area contributed by atoms with Crippen LogP contribution in [0.15, 0.2) is 18.2 Å². The van der Waals surface area contributed by atoms with Gasteiger partial charge in [0.05, 0.1) is 12.5 Å². The Balaban J connectivity index is 1.74. The molecule has 2 saturated carbocycles. The van der Waals surface area contributed by atoms with E-state index in [9.17, 15) is 15.1 Å². The number of piperidine rings is 1. The molecule has 6 nitrogen and oxygen atoms in total. The molecular weight excluding hydrogens is 366 g/mol. The Hall–Kier alpha value is -2.30. The molecule has 1 aliphatic heterocycles. The van der Waals surface area contributed by atoms with Crippen molar-refractivity contribution in [3.8, 4) is 0 Å². The van der Waals surface area contributed by atoms with Crippen LogP contribution in [0.2, 0.25) is 0 Å². The molecule has 0 N–H and O–H groups in total. The van der Waals surface area contributed by atoms with Gasteiger partial charge >= 0.3 is 11.7 Å². The largest absolute Gasteiger partial charge is 0.456 e. The van der Waals surface area contributed by atoms with Crippen molar-refractivity contribution in [3.63, 3.8) is 0 Å². The SMILES string of the molecule is CC(=O)O[C@@]12CC(=[N+]=[N-])C(=O)C[C@@]13CCN(CC1CC1)[C@@H]2Cc1ccc(C)cc13. The lowest BCUT2D eigenvalue weighted by Crippen LogP contribution is -2.75. The zero-order valence-corrected chi connectivity index (χ0v) is 17.1. The van der Waals surface area contributed by atoms with Crippen molar-refractivity contribution in [2.24, 2.45) is 5.92 Å². The number of Topliss-reactive ketones (excluding diaryl/α,β-unsaturated/α-hetero) is 1. The van der Waals surface area contributed by atoms with Crippen LogP contribution < -0.4 is 0 Å². The van der Waals surface area contributed by atoms with Gasteiger partial charge in [-0.25, -0.2) is 0 Å². The van der Waals surface area contributed by atoms with Crippen LogP contribution in [0.3, 0.4) is 0 Å². The van der Waals surface area contributed by atoms with E-state index >= 15 is 0 Å². The zero-order chi connectivity index (χ0) is 20.4. The van der Waals surface area contributed by atoms with Crippen molar-refractivity contribution >= 4 is 17.5 Å². The summed E-state index contributed by atoms with van der Waals surface area (Å²) in [5.74, 6) is 0.238. The summed E-state index contributed by atoms with van der Waals surface area (Å²) in [6, 6.07) is 6.47. The minimum absolute atomic E-state index is 0.0131. The Kier molecular flexibility index (Phi) is 4.10. The van der Waals surface area contributed by atoms with Gasteiger partial charge in [-0.15, -0.1) is 0 Å². The molecule has 2 bridgehead atoms. The first-order valence-electron chi connectivity index (χ1n) is 10.7. The van der Waals surface area contributed by atoms with Crippen LogP contribution in [0.4, 0.5) is 0 Å². The van der Waals surface area contributed by atoms with Crippen LogP contribution in [0, 0.1) is 12.8 Å².